The van der Waals surface area contributed by atoms with E-state index in [2.05, 4.69) is 168 Å². The van der Waals surface area contributed by atoms with Crippen LogP contribution in [0.3, 0.4) is 0 Å². The molecule has 0 heteroatoms. The molecule has 0 N–H and O–H groups in total. The molecule has 3 rings (SSSR count). The van der Waals surface area contributed by atoms with Crippen LogP contribution in [-0.4, -0.2) is 0 Å². The van der Waals surface area contributed by atoms with Crippen molar-refractivity contribution in [1.29, 1.82) is 0 Å². The first-order valence-electron chi connectivity index (χ1n) is 13.1. The van der Waals surface area contributed by atoms with Gasteiger partial charge in [0.05, 0.1) is 0 Å². The van der Waals surface area contributed by atoms with Gasteiger partial charge in [-0.3, -0.25) is 0 Å². The van der Waals surface area contributed by atoms with E-state index in [1.807, 2.05) is 0 Å². The molecule has 35 heavy (non-hydrogen) atoms. The fourth-order valence-electron chi connectivity index (χ4n) is 2.51. The zero-order chi connectivity index (χ0) is 27.1. The highest BCUT2D eigenvalue weighted by Crippen LogP contribution is 2.15. The number of benzene rings is 3. The smallest absolute Gasteiger partial charge is 0.00257 e. The molecule has 0 unspecified atom stereocenters. The molecule has 0 fully saturated rings. The predicted molar refractivity (Wildman–Crippen MR) is 160 cm³/mol. The third kappa shape index (κ3) is 27.8. The maximum absolute atomic E-state index is 2.32. The second kappa shape index (κ2) is 15.6. The Morgan fingerprint density at radius 3 is 0.829 bits per heavy atom. The lowest BCUT2D eigenvalue weighted by atomic mass is 9.99. The van der Waals surface area contributed by atoms with E-state index in [9.17, 15) is 0 Å². The highest BCUT2D eigenvalue weighted by Gasteiger charge is 2.00. The minimum Gasteiger partial charge on any atom is -0.0622 e. The lowest BCUT2D eigenvalue weighted by Gasteiger charge is -2.06. The molecule has 0 atom stereocenters. The van der Waals surface area contributed by atoms with E-state index in [0.717, 1.165) is 12.8 Å². The molecule has 0 aliphatic carbocycles. The van der Waals surface area contributed by atoms with Gasteiger partial charge in [0.1, 0.15) is 0 Å². The monoisotopic (exact) mass is 474 g/mol. The molecule has 0 radical (unpaired) electrons. The SMILES string of the molecule is CC(C)(C)C.CC(C)(C)C.CC(C)(C)C.c1ccc(Cc2cccc(Cc3ccccc3)c2)cc1. The number of rotatable bonds is 4. The topological polar surface area (TPSA) is 0 Å². The first kappa shape index (κ1) is 32.7. The van der Waals surface area contributed by atoms with Crippen molar-refractivity contribution in [1.82, 2.24) is 0 Å². The van der Waals surface area contributed by atoms with Crippen molar-refractivity contribution in [3.05, 3.63) is 107 Å². The Kier molecular flexibility index (Phi) is 14.6. The van der Waals surface area contributed by atoms with E-state index < -0.39 is 0 Å². The van der Waals surface area contributed by atoms with E-state index in [0.29, 0.717) is 16.2 Å². The van der Waals surface area contributed by atoms with Crippen molar-refractivity contribution in [2.45, 2.75) is 95.9 Å². The Balaban J connectivity index is 0.000000635. The minimum atomic E-state index is 0.500. The summed E-state index contributed by atoms with van der Waals surface area (Å²) >= 11 is 0. The van der Waals surface area contributed by atoms with Gasteiger partial charge < -0.3 is 0 Å². The Morgan fingerprint density at radius 1 is 0.343 bits per heavy atom. The molecule has 0 saturated heterocycles. The second-order valence-electron chi connectivity index (χ2n) is 14.1. The van der Waals surface area contributed by atoms with Gasteiger partial charge in [-0.05, 0) is 51.3 Å². The summed E-state index contributed by atoms with van der Waals surface area (Å²) in [5.41, 5.74) is 6.99. The van der Waals surface area contributed by atoms with Crippen molar-refractivity contribution in [2.75, 3.05) is 0 Å². The Morgan fingerprint density at radius 2 is 0.571 bits per heavy atom. The molecule has 0 spiro atoms. The first-order chi connectivity index (χ1) is 15.9. The summed E-state index contributed by atoms with van der Waals surface area (Å²) in [5.74, 6) is 0. The van der Waals surface area contributed by atoms with Gasteiger partial charge in [-0.2, -0.15) is 0 Å². The summed E-state index contributed by atoms with van der Waals surface area (Å²) in [7, 11) is 0. The summed E-state index contributed by atoms with van der Waals surface area (Å²) in [4.78, 5) is 0. The van der Waals surface area contributed by atoms with E-state index >= 15 is 0 Å². The zero-order valence-corrected chi connectivity index (χ0v) is 25.0. The quantitative estimate of drug-likeness (QED) is 0.352. The van der Waals surface area contributed by atoms with Gasteiger partial charge in [-0.15, -0.1) is 0 Å². The molecule has 3 aromatic rings. The fraction of sp³-hybridized carbons (Fsp3) is 0.486. The molecule has 0 aliphatic heterocycles. The van der Waals surface area contributed by atoms with Crippen LogP contribution in [0.1, 0.15) is 105 Å². The van der Waals surface area contributed by atoms with Crippen LogP contribution in [0.4, 0.5) is 0 Å². The van der Waals surface area contributed by atoms with Gasteiger partial charge in [0, 0.05) is 0 Å². The summed E-state index contributed by atoms with van der Waals surface area (Å²) in [5, 5.41) is 0. The third-order valence-electron chi connectivity index (χ3n) is 3.49. The third-order valence-corrected chi connectivity index (χ3v) is 3.49. The second-order valence-corrected chi connectivity index (χ2v) is 14.1. The predicted octanol–water partition coefficient (Wildman–Crippen LogP) is 11.0. The lowest BCUT2D eigenvalue weighted by Crippen LogP contribution is -1.93. The van der Waals surface area contributed by atoms with E-state index in [1.54, 1.807) is 0 Å². The van der Waals surface area contributed by atoms with Gasteiger partial charge in [0.15, 0.2) is 0 Å². The molecule has 3 aromatic carbocycles. The molecule has 0 aliphatic rings. The van der Waals surface area contributed by atoms with Crippen molar-refractivity contribution in [3.63, 3.8) is 0 Å². The first-order valence-corrected chi connectivity index (χ1v) is 13.1. The van der Waals surface area contributed by atoms with Crippen molar-refractivity contribution < 1.29 is 0 Å². The Bertz CT molecular complexity index is 795. The largest absolute Gasteiger partial charge is 0.0622 e. The maximum Gasteiger partial charge on any atom is -0.00257 e. The van der Waals surface area contributed by atoms with Crippen molar-refractivity contribution in [3.8, 4) is 0 Å². The molecule has 194 valence electrons. The molecule has 0 saturated carbocycles. The maximum atomic E-state index is 2.32. The summed E-state index contributed by atoms with van der Waals surface area (Å²) in [6.07, 6.45) is 2.01. The van der Waals surface area contributed by atoms with E-state index in [4.69, 9.17) is 0 Å². The number of hydrogen-bond donors (Lipinski definition) is 0. The van der Waals surface area contributed by atoms with Gasteiger partial charge in [-0.1, -0.05) is 168 Å². The molecular formula is C35H54. The molecule has 0 amide bonds. The average molecular weight is 475 g/mol. The molecule has 0 aromatic heterocycles. The van der Waals surface area contributed by atoms with Crippen molar-refractivity contribution in [2.24, 2.45) is 16.2 Å². The minimum absolute atomic E-state index is 0.500. The van der Waals surface area contributed by atoms with Gasteiger partial charge in [0.25, 0.3) is 0 Å². The van der Waals surface area contributed by atoms with Crippen LogP contribution in [0.25, 0.3) is 0 Å². The average Bonchev–Trinajstić information content (AvgIpc) is 2.66. The van der Waals surface area contributed by atoms with Crippen molar-refractivity contribution >= 4 is 0 Å². The molecule has 0 heterocycles. The van der Waals surface area contributed by atoms with E-state index in [-0.39, 0.29) is 0 Å². The summed E-state index contributed by atoms with van der Waals surface area (Å²) in [6, 6.07) is 30.2. The highest BCUT2D eigenvalue weighted by molar-refractivity contribution is 5.32. The lowest BCUT2D eigenvalue weighted by molar-refractivity contribution is 0.469. The molecular weight excluding hydrogens is 420 g/mol. The van der Waals surface area contributed by atoms with Crippen LogP contribution in [0.5, 0.6) is 0 Å². The summed E-state index contributed by atoms with van der Waals surface area (Å²) in [6.45, 7) is 26.2. The van der Waals surface area contributed by atoms with Crippen LogP contribution >= 0.6 is 0 Å². The normalized spacial score (nSPS) is 11.1. The zero-order valence-electron chi connectivity index (χ0n) is 25.0. The molecule has 0 nitrogen and oxygen atoms in total. The summed E-state index contributed by atoms with van der Waals surface area (Å²) < 4.78 is 0. The van der Waals surface area contributed by atoms with E-state index in [1.165, 1.54) is 22.3 Å². The van der Waals surface area contributed by atoms with Gasteiger partial charge in [0.2, 0.25) is 0 Å². The molecule has 0 bridgehead atoms. The van der Waals surface area contributed by atoms with Gasteiger partial charge in [-0.25, -0.2) is 0 Å². The standard InChI is InChI=1S/C20H18.3C5H12/c1-3-8-17(9-4-1)14-19-12-7-13-20(16-19)15-18-10-5-2-6-11-18;3*1-5(2,3)4/h1-13,16H,14-15H2;3*1-4H3. The van der Waals surface area contributed by atoms with Crippen LogP contribution in [0.15, 0.2) is 84.9 Å². The van der Waals surface area contributed by atoms with Crippen LogP contribution in [0, 0.1) is 16.2 Å². The van der Waals surface area contributed by atoms with Crippen LogP contribution in [0.2, 0.25) is 0 Å². The highest BCUT2D eigenvalue weighted by atomic mass is 14.1. The Hall–Kier alpha value is -2.34. The fourth-order valence-corrected chi connectivity index (χ4v) is 2.51. The van der Waals surface area contributed by atoms with Gasteiger partial charge >= 0.3 is 0 Å². The van der Waals surface area contributed by atoms with Crippen LogP contribution < -0.4 is 0 Å². The Labute approximate surface area is 219 Å². The van der Waals surface area contributed by atoms with Crippen LogP contribution in [-0.2, 0) is 12.8 Å². The number of hydrogen-bond acceptors (Lipinski definition) is 0.